The maximum absolute atomic E-state index is 12.2. The van der Waals surface area contributed by atoms with Crippen LogP contribution in [0.1, 0.15) is 19.3 Å². The Morgan fingerprint density at radius 3 is 2.81 bits per heavy atom. The van der Waals surface area contributed by atoms with E-state index in [-0.39, 0.29) is 5.91 Å². The molecule has 0 aromatic rings. The summed E-state index contributed by atoms with van der Waals surface area (Å²) in [5, 5.41) is 6.76. The molecule has 1 fully saturated rings. The van der Waals surface area contributed by atoms with Gasteiger partial charge in [-0.05, 0) is 38.4 Å². The average molecular weight is 307 g/mol. The molecule has 2 N–H and O–H groups in total. The quantitative estimate of drug-likeness (QED) is 0.781. The van der Waals surface area contributed by atoms with Crippen LogP contribution in [-0.2, 0) is 9.59 Å². The van der Waals surface area contributed by atoms with Crippen LogP contribution in [0.25, 0.3) is 0 Å². The van der Waals surface area contributed by atoms with Crippen molar-refractivity contribution in [2.75, 3.05) is 19.6 Å². The van der Waals surface area contributed by atoms with Crippen LogP contribution in [0.4, 0.5) is 0 Å². The first-order valence-corrected chi connectivity index (χ1v) is 7.47. The van der Waals surface area contributed by atoms with E-state index in [4.69, 9.17) is 11.6 Å². The molecule has 2 aliphatic rings. The number of carbonyl (C=O) groups is 2. The van der Waals surface area contributed by atoms with Crippen molar-refractivity contribution in [3.05, 3.63) is 46.1 Å². The summed E-state index contributed by atoms with van der Waals surface area (Å²) >= 11 is 6.27. The number of carbonyl (C=O) groups excluding carboxylic acids is 2. The van der Waals surface area contributed by atoms with E-state index in [0.29, 0.717) is 29.1 Å². The van der Waals surface area contributed by atoms with Gasteiger partial charge in [0.15, 0.2) is 0 Å². The lowest BCUT2D eigenvalue weighted by molar-refractivity contribution is -0.117. The smallest absolute Gasteiger partial charge is 0.251 e. The minimum Gasteiger partial charge on any atom is -0.347 e. The number of allylic oxidation sites excluding steroid dienone is 4. The fraction of sp³-hybridized carbons (Fsp3) is 0.375. The van der Waals surface area contributed by atoms with Gasteiger partial charge >= 0.3 is 0 Å². The summed E-state index contributed by atoms with van der Waals surface area (Å²) in [7, 11) is 0. The van der Waals surface area contributed by atoms with Gasteiger partial charge in [-0.15, -0.1) is 0 Å². The summed E-state index contributed by atoms with van der Waals surface area (Å²) < 4.78 is 0. The summed E-state index contributed by atoms with van der Waals surface area (Å²) in [4.78, 5) is 23.3. The first-order valence-electron chi connectivity index (χ1n) is 7.09. The van der Waals surface area contributed by atoms with Gasteiger partial charge in [0, 0.05) is 16.2 Å². The Morgan fingerprint density at radius 2 is 2.10 bits per heavy atom. The van der Waals surface area contributed by atoms with Gasteiger partial charge < -0.3 is 10.6 Å². The van der Waals surface area contributed by atoms with E-state index in [2.05, 4.69) is 10.6 Å². The third-order valence-corrected chi connectivity index (χ3v) is 3.98. The Bertz CT molecular complexity index is 536. The highest BCUT2D eigenvalue weighted by Crippen LogP contribution is 2.19. The van der Waals surface area contributed by atoms with Gasteiger partial charge in [-0.2, -0.15) is 0 Å². The molecule has 0 radical (unpaired) electrons. The molecular formula is C16H19ClN2O2. The summed E-state index contributed by atoms with van der Waals surface area (Å²) in [5.41, 5.74) is 2.09. The van der Waals surface area contributed by atoms with E-state index in [0.717, 1.165) is 32.2 Å². The highest BCUT2D eigenvalue weighted by molar-refractivity contribution is 6.30. The summed E-state index contributed by atoms with van der Waals surface area (Å²) in [6.45, 7) is 2.16. The second-order valence-corrected chi connectivity index (χ2v) is 5.45. The molecule has 0 atom stereocenters. The topological polar surface area (TPSA) is 58.2 Å². The fourth-order valence-corrected chi connectivity index (χ4v) is 2.61. The third-order valence-electron chi connectivity index (χ3n) is 3.58. The van der Waals surface area contributed by atoms with Crippen LogP contribution in [0, 0.1) is 0 Å². The monoisotopic (exact) mass is 306 g/mol. The molecule has 2 rings (SSSR count). The largest absolute Gasteiger partial charge is 0.347 e. The van der Waals surface area contributed by atoms with Crippen LogP contribution >= 0.6 is 11.6 Å². The Hall–Kier alpha value is -1.65. The molecule has 0 aromatic heterocycles. The van der Waals surface area contributed by atoms with Gasteiger partial charge in [-0.25, -0.2) is 0 Å². The SMILES string of the molecule is O=CC1=C(C(=O)NCC(Cl)=C2CCNCC2)C=CC=CC1. The maximum Gasteiger partial charge on any atom is 0.251 e. The molecule has 4 nitrogen and oxygen atoms in total. The summed E-state index contributed by atoms with van der Waals surface area (Å²) in [6.07, 6.45) is 10.1. The standard InChI is InChI=1S/C16H19ClN2O2/c17-15(12-6-8-18-9-7-12)10-19-16(21)14-5-3-1-2-4-13(14)11-20/h1-3,5,11,18H,4,6-10H2,(H,19,21). The second kappa shape index (κ2) is 7.96. The van der Waals surface area contributed by atoms with Crippen LogP contribution < -0.4 is 10.6 Å². The highest BCUT2D eigenvalue weighted by Gasteiger charge is 2.14. The van der Waals surface area contributed by atoms with E-state index in [9.17, 15) is 9.59 Å². The molecule has 1 saturated heterocycles. The first-order chi connectivity index (χ1) is 10.2. The third kappa shape index (κ3) is 4.41. The molecule has 0 aromatic carbocycles. The Labute approximate surface area is 129 Å². The Morgan fingerprint density at radius 1 is 1.33 bits per heavy atom. The molecule has 0 bridgehead atoms. The maximum atomic E-state index is 12.2. The first kappa shape index (κ1) is 15.7. The molecule has 0 unspecified atom stereocenters. The van der Waals surface area contributed by atoms with Crippen LogP contribution in [0.2, 0.25) is 0 Å². The van der Waals surface area contributed by atoms with Crippen molar-refractivity contribution in [3.63, 3.8) is 0 Å². The zero-order valence-electron chi connectivity index (χ0n) is 11.8. The van der Waals surface area contributed by atoms with E-state index in [1.165, 1.54) is 5.57 Å². The lowest BCUT2D eigenvalue weighted by Crippen LogP contribution is -2.29. The van der Waals surface area contributed by atoms with Gasteiger partial charge in [-0.1, -0.05) is 35.4 Å². The number of amides is 1. The normalized spacial score (nSPS) is 18.4. The zero-order valence-corrected chi connectivity index (χ0v) is 12.6. The van der Waals surface area contributed by atoms with Crippen molar-refractivity contribution in [1.29, 1.82) is 0 Å². The fourth-order valence-electron chi connectivity index (χ4n) is 2.35. The van der Waals surface area contributed by atoms with Gasteiger partial charge in [-0.3, -0.25) is 9.59 Å². The van der Waals surface area contributed by atoms with Crippen molar-refractivity contribution < 1.29 is 9.59 Å². The number of hydrogen-bond donors (Lipinski definition) is 2. The molecule has 112 valence electrons. The molecule has 0 saturated carbocycles. The van der Waals surface area contributed by atoms with Crippen LogP contribution in [-0.4, -0.2) is 31.8 Å². The minimum absolute atomic E-state index is 0.260. The van der Waals surface area contributed by atoms with Gasteiger partial charge in [0.1, 0.15) is 6.29 Å². The zero-order chi connectivity index (χ0) is 15.1. The molecule has 1 aliphatic heterocycles. The average Bonchev–Trinajstić information content (AvgIpc) is 2.78. The van der Waals surface area contributed by atoms with Gasteiger partial charge in [0.05, 0.1) is 6.54 Å². The van der Waals surface area contributed by atoms with Crippen molar-refractivity contribution in [2.45, 2.75) is 19.3 Å². The van der Waals surface area contributed by atoms with Gasteiger partial charge in [0.25, 0.3) is 5.91 Å². The second-order valence-electron chi connectivity index (χ2n) is 4.99. The van der Waals surface area contributed by atoms with Crippen molar-refractivity contribution in [2.24, 2.45) is 0 Å². The summed E-state index contributed by atoms with van der Waals surface area (Å²) in [5.74, 6) is -0.260. The number of halogens is 1. The van der Waals surface area contributed by atoms with Crippen molar-refractivity contribution in [3.8, 4) is 0 Å². The minimum atomic E-state index is -0.260. The van der Waals surface area contributed by atoms with E-state index < -0.39 is 0 Å². The van der Waals surface area contributed by atoms with Crippen LogP contribution in [0.3, 0.4) is 0 Å². The molecule has 1 aliphatic carbocycles. The van der Waals surface area contributed by atoms with Crippen molar-refractivity contribution in [1.82, 2.24) is 10.6 Å². The predicted molar refractivity (Wildman–Crippen MR) is 84.0 cm³/mol. The van der Waals surface area contributed by atoms with Gasteiger partial charge in [0.2, 0.25) is 0 Å². The number of nitrogens with one attached hydrogen (secondary N) is 2. The number of piperidine rings is 1. The summed E-state index contributed by atoms with van der Waals surface area (Å²) in [6, 6.07) is 0. The number of rotatable bonds is 4. The lowest BCUT2D eigenvalue weighted by Gasteiger charge is -2.17. The van der Waals surface area contributed by atoms with E-state index in [1.807, 2.05) is 12.2 Å². The molecular weight excluding hydrogens is 288 g/mol. The van der Waals surface area contributed by atoms with Crippen LogP contribution in [0.5, 0.6) is 0 Å². The van der Waals surface area contributed by atoms with Crippen molar-refractivity contribution >= 4 is 23.8 Å². The highest BCUT2D eigenvalue weighted by atomic mass is 35.5. The molecule has 1 heterocycles. The lowest BCUT2D eigenvalue weighted by atomic mass is 10.0. The molecule has 1 amide bonds. The number of aldehydes is 1. The molecule has 0 spiro atoms. The van der Waals surface area contributed by atoms with Crippen LogP contribution in [0.15, 0.2) is 46.1 Å². The molecule has 5 heteroatoms. The Kier molecular flexibility index (Phi) is 5.96. The van der Waals surface area contributed by atoms with E-state index >= 15 is 0 Å². The number of hydrogen-bond acceptors (Lipinski definition) is 3. The van der Waals surface area contributed by atoms with E-state index in [1.54, 1.807) is 12.2 Å². The predicted octanol–water partition coefficient (Wildman–Crippen LogP) is 1.99. The Balaban J connectivity index is 2.01. The molecule has 21 heavy (non-hydrogen) atoms.